The number of esters is 1. The Morgan fingerprint density at radius 2 is 2.14 bits per heavy atom. The Morgan fingerprint density at radius 1 is 1.38 bits per heavy atom. The van der Waals surface area contributed by atoms with Crippen molar-refractivity contribution in [3.05, 3.63) is 41.0 Å². The van der Waals surface area contributed by atoms with Crippen LogP contribution in [0.5, 0.6) is 0 Å². The van der Waals surface area contributed by atoms with Gasteiger partial charge in [-0.25, -0.2) is 9.78 Å². The van der Waals surface area contributed by atoms with Gasteiger partial charge in [0.25, 0.3) is 5.91 Å². The smallest absolute Gasteiger partial charge is 0.339 e. The van der Waals surface area contributed by atoms with Crippen LogP contribution < -0.4 is 5.32 Å². The zero-order chi connectivity index (χ0) is 15.4. The van der Waals surface area contributed by atoms with Crippen LogP contribution in [-0.2, 0) is 11.2 Å². The van der Waals surface area contributed by atoms with Gasteiger partial charge in [-0.15, -0.1) is 5.10 Å². The molecular weight excluding hydrogens is 272 g/mol. The first kappa shape index (κ1) is 14.7. The Morgan fingerprint density at radius 3 is 2.76 bits per heavy atom. The lowest BCUT2D eigenvalue weighted by Gasteiger charge is -2.09. The Labute approximate surface area is 121 Å². The summed E-state index contributed by atoms with van der Waals surface area (Å²) in [6, 6.07) is 5.08. The number of nitrogens with zero attached hydrogens (tertiary/aromatic N) is 2. The number of hydrogen-bond donors (Lipinski definition) is 2. The van der Waals surface area contributed by atoms with Crippen molar-refractivity contribution < 1.29 is 14.3 Å². The number of aromatic amines is 1. The van der Waals surface area contributed by atoms with Crippen molar-refractivity contribution in [2.45, 2.75) is 20.3 Å². The molecule has 2 aromatic rings. The third-order valence-electron chi connectivity index (χ3n) is 2.90. The number of methoxy groups -OCH3 is 1. The fraction of sp³-hybridized carbons (Fsp3) is 0.286. The standard InChI is InChI=1S/C14H16N4O3/c1-4-11-16-12(18-17-11)13(19)15-10-6-5-8(2)7-9(10)14(20)21-3/h5-7H,4H2,1-3H3,(H,15,19)(H,16,17,18). The molecule has 0 atom stereocenters. The Bertz CT molecular complexity index is 679. The number of H-pyrrole nitrogens is 1. The average Bonchev–Trinajstić information content (AvgIpc) is 2.97. The van der Waals surface area contributed by atoms with Crippen molar-refractivity contribution in [2.24, 2.45) is 0 Å². The van der Waals surface area contributed by atoms with E-state index in [1.807, 2.05) is 13.8 Å². The molecule has 7 heteroatoms. The van der Waals surface area contributed by atoms with Gasteiger partial charge in [0.1, 0.15) is 5.82 Å². The molecule has 1 aromatic heterocycles. The maximum atomic E-state index is 12.1. The zero-order valence-corrected chi connectivity index (χ0v) is 12.1. The lowest BCUT2D eigenvalue weighted by Crippen LogP contribution is -2.17. The number of anilines is 1. The molecule has 0 aliphatic carbocycles. The highest BCUT2D eigenvalue weighted by molar-refractivity contribution is 6.06. The van der Waals surface area contributed by atoms with Crippen LogP contribution in [0, 0.1) is 6.92 Å². The Kier molecular flexibility index (Phi) is 4.32. The normalized spacial score (nSPS) is 10.2. The summed E-state index contributed by atoms with van der Waals surface area (Å²) in [5.74, 6) is -0.348. The molecule has 21 heavy (non-hydrogen) atoms. The minimum absolute atomic E-state index is 0.0308. The Balaban J connectivity index is 2.26. The van der Waals surface area contributed by atoms with Crippen LogP contribution in [-0.4, -0.2) is 34.2 Å². The average molecular weight is 288 g/mol. The molecule has 2 N–H and O–H groups in total. The molecule has 0 aliphatic heterocycles. The number of rotatable bonds is 4. The quantitative estimate of drug-likeness (QED) is 0.835. The third kappa shape index (κ3) is 3.25. The van der Waals surface area contributed by atoms with Crippen molar-refractivity contribution >= 4 is 17.6 Å². The molecule has 0 radical (unpaired) electrons. The highest BCUT2D eigenvalue weighted by Crippen LogP contribution is 2.19. The van der Waals surface area contributed by atoms with Crippen LogP contribution in [0.1, 0.15) is 39.3 Å². The van der Waals surface area contributed by atoms with Crippen LogP contribution in [0.2, 0.25) is 0 Å². The molecule has 0 bridgehead atoms. The summed E-state index contributed by atoms with van der Waals surface area (Å²) < 4.78 is 4.71. The van der Waals surface area contributed by atoms with Crippen LogP contribution in [0.25, 0.3) is 0 Å². The molecule has 0 fully saturated rings. The van der Waals surface area contributed by atoms with Gasteiger partial charge in [0.2, 0.25) is 5.82 Å². The van der Waals surface area contributed by atoms with Crippen molar-refractivity contribution in [3.8, 4) is 0 Å². The molecule has 0 unspecified atom stereocenters. The predicted molar refractivity (Wildman–Crippen MR) is 76.2 cm³/mol. The largest absolute Gasteiger partial charge is 0.465 e. The van der Waals surface area contributed by atoms with E-state index in [2.05, 4.69) is 20.5 Å². The number of carbonyl (C=O) groups excluding carboxylic acids is 2. The molecule has 1 heterocycles. The SMILES string of the molecule is CCc1nc(C(=O)Nc2ccc(C)cc2C(=O)OC)n[nH]1. The third-order valence-corrected chi connectivity index (χ3v) is 2.90. The van der Waals surface area contributed by atoms with E-state index in [1.165, 1.54) is 7.11 Å². The van der Waals surface area contributed by atoms with E-state index in [9.17, 15) is 9.59 Å². The van der Waals surface area contributed by atoms with Crippen molar-refractivity contribution in [1.29, 1.82) is 0 Å². The number of aryl methyl sites for hydroxylation is 2. The molecule has 0 saturated heterocycles. The number of hydrogen-bond acceptors (Lipinski definition) is 5. The summed E-state index contributed by atoms with van der Waals surface area (Å²) in [7, 11) is 1.29. The lowest BCUT2D eigenvalue weighted by atomic mass is 10.1. The van der Waals surface area contributed by atoms with E-state index >= 15 is 0 Å². The van der Waals surface area contributed by atoms with E-state index in [1.54, 1.807) is 18.2 Å². The minimum Gasteiger partial charge on any atom is -0.465 e. The van der Waals surface area contributed by atoms with Gasteiger partial charge in [0.15, 0.2) is 0 Å². The topological polar surface area (TPSA) is 97.0 Å². The summed E-state index contributed by atoms with van der Waals surface area (Å²) in [5, 5.41) is 9.12. The fourth-order valence-electron chi connectivity index (χ4n) is 1.78. The van der Waals surface area contributed by atoms with E-state index in [0.29, 0.717) is 17.9 Å². The number of nitrogens with one attached hydrogen (secondary N) is 2. The van der Waals surface area contributed by atoms with Gasteiger partial charge in [-0.05, 0) is 19.1 Å². The molecule has 7 nitrogen and oxygen atoms in total. The van der Waals surface area contributed by atoms with Gasteiger partial charge < -0.3 is 10.1 Å². The maximum absolute atomic E-state index is 12.1. The van der Waals surface area contributed by atoms with Gasteiger partial charge in [0.05, 0.1) is 18.4 Å². The monoisotopic (exact) mass is 288 g/mol. The zero-order valence-electron chi connectivity index (χ0n) is 12.1. The molecule has 0 spiro atoms. The van der Waals surface area contributed by atoms with E-state index in [-0.39, 0.29) is 11.4 Å². The first-order chi connectivity index (χ1) is 10.0. The second-order valence-electron chi connectivity index (χ2n) is 4.45. The molecule has 1 amide bonds. The van der Waals surface area contributed by atoms with Crippen LogP contribution in [0.3, 0.4) is 0 Å². The number of carbonyl (C=O) groups is 2. The van der Waals surface area contributed by atoms with Crippen LogP contribution >= 0.6 is 0 Å². The summed E-state index contributed by atoms with van der Waals surface area (Å²) in [4.78, 5) is 27.9. The molecule has 0 saturated carbocycles. The number of amides is 1. The summed E-state index contributed by atoms with van der Waals surface area (Å²) in [5.41, 5.74) is 1.54. The fourth-order valence-corrected chi connectivity index (χ4v) is 1.78. The van der Waals surface area contributed by atoms with Crippen LogP contribution in [0.15, 0.2) is 18.2 Å². The van der Waals surface area contributed by atoms with E-state index in [0.717, 1.165) is 5.56 Å². The van der Waals surface area contributed by atoms with E-state index < -0.39 is 11.9 Å². The molecule has 110 valence electrons. The predicted octanol–water partition coefficient (Wildman–Crippen LogP) is 1.71. The summed E-state index contributed by atoms with van der Waals surface area (Å²) in [6.07, 6.45) is 0.651. The molecule has 1 aromatic carbocycles. The molecule has 0 aliphatic rings. The summed E-state index contributed by atoms with van der Waals surface area (Å²) in [6.45, 7) is 3.75. The second-order valence-corrected chi connectivity index (χ2v) is 4.45. The number of ether oxygens (including phenoxy) is 1. The number of benzene rings is 1. The highest BCUT2D eigenvalue weighted by Gasteiger charge is 2.17. The Hall–Kier alpha value is -2.70. The van der Waals surface area contributed by atoms with Gasteiger partial charge in [-0.1, -0.05) is 18.6 Å². The van der Waals surface area contributed by atoms with Gasteiger partial charge in [0, 0.05) is 6.42 Å². The minimum atomic E-state index is -0.516. The van der Waals surface area contributed by atoms with Crippen molar-refractivity contribution in [1.82, 2.24) is 15.2 Å². The van der Waals surface area contributed by atoms with E-state index in [4.69, 9.17) is 4.74 Å². The van der Waals surface area contributed by atoms with Gasteiger partial charge in [-0.3, -0.25) is 9.89 Å². The molecule has 2 rings (SSSR count). The highest BCUT2D eigenvalue weighted by atomic mass is 16.5. The van der Waals surface area contributed by atoms with Crippen LogP contribution in [0.4, 0.5) is 5.69 Å². The van der Waals surface area contributed by atoms with Crippen molar-refractivity contribution in [3.63, 3.8) is 0 Å². The first-order valence-corrected chi connectivity index (χ1v) is 6.46. The molecular formula is C14H16N4O3. The first-order valence-electron chi connectivity index (χ1n) is 6.46. The van der Waals surface area contributed by atoms with Gasteiger partial charge in [-0.2, -0.15) is 0 Å². The maximum Gasteiger partial charge on any atom is 0.339 e. The van der Waals surface area contributed by atoms with Gasteiger partial charge >= 0.3 is 5.97 Å². The van der Waals surface area contributed by atoms with Crippen molar-refractivity contribution in [2.75, 3.05) is 12.4 Å². The second kappa shape index (κ2) is 6.17. The summed E-state index contributed by atoms with van der Waals surface area (Å²) >= 11 is 0. The number of aromatic nitrogens is 3. The lowest BCUT2D eigenvalue weighted by molar-refractivity contribution is 0.0602.